The van der Waals surface area contributed by atoms with Crippen LogP contribution in [0.3, 0.4) is 0 Å². The van der Waals surface area contributed by atoms with Crippen LogP contribution in [0.25, 0.3) is 0 Å². The Labute approximate surface area is 119 Å². The fraction of sp³-hybridized carbons (Fsp3) is 0.467. The van der Waals surface area contributed by atoms with Gasteiger partial charge in [0.25, 0.3) is 0 Å². The van der Waals surface area contributed by atoms with Crippen LogP contribution >= 0.6 is 0 Å². The Morgan fingerprint density at radius 1 is 1.20 bits per heavy atom. The Morgan fingerprint density at radius 2 is 2.00 bits per heavy atom. The van der Waals surface area contributed by atoms with Gasteiger partial charge in [-0.25, -0.2) is 4.79 Å². The predicted octanol–water partition coefficient (Wildman–Crippen LogP) is 3.13. The number of unbranched alkanes of at least 4 members (excludes halogenated alkanes) is 2. The van der Waals surface area contributed by atoms with E-state index < -0.39 is 6.09 Å². The molecule has 0 radical (unpaired) electrons. The fourth-order valence-electron chi connectivity index (χ4n) is 1.84. The molecule has 1 aromatic carbocycles. The highest BCUT2D eigenvalue weighted by atomic mass is 16.4. The molecule has 0 aromatic heterocycles. The highest BCUT2D eigenvalue weighted by molar-refractivity contribution is 5.97. The van der Waals surface area contributed by atoms with E-state index in [9.17, 15) is 9.59 Å². The standard InChI is InChI=1S/C15H22N2O3/c1-2-3-4-9-16-13-7-5-6-12(11-13)14(18)8-10-17-15(19)20/h5-7,11,16-17H,2-4,8-10H2,1H3,(H,19,20). The van der Waals surface area contributed by atoms with Gasteiger partial charge in [-0.3, -0.25) is 4.79 Å². The lowest BCUT2D eigenvalue weighted by atomic mass is 10.1. The van der Waals surface area contributed by atoms with E-state index in [1.807, 2.05) is 18.2 Å². The quantitative estimate of drug-likeness (QED) is 0.479. The summed E-state index contributed by atoms with van der Waals surface area (Å²) in [6.45, 7) is 3.19. The molecule has 5 heteroatoms. The van der Waals surface area contributed by atoms with Crippen LogP contribution in [0.5, 0.6) is 0 Å². The number of rotatable bonds is 9. The maximum atomic E-state index is 11.9. The maximum Gasteiger partial charge on any atom is 0.404 e. The number of hydrogen-bond donors (Lipinski definition) is 3. The maximum absolute atomic E-state index is 11.9. The van der Waals surface area contributed by atoms with E-state index in [-0.39, 0.29) is 18.7 Å². The molecule has 0 saturated heterocycles. The molecule has 0 aliphatic carbocycles. The molecule has 0 heterocycles. The summed E-state index contributed by atoms with van der Waals surface area (Å²) < 4.78 is 0. The third kappa shape index (κ3) is 6.22. The normalized spacial score (nSPS) is 10.1. The first-order valence-electron chi connectivity index (χ1n) is 6.97. The van der Waals surface area contributed by atoms with E-state index in [0.717, 1.165) is 18.7 Å². The van der Waals surface area contributed by atoms with Gasteiger partial charge in [-0.1, -0.05) is 31.9 Å². The lowest BCUT2D eigenvalue weighted by Gasteiger charge is -2.08. The Hall–Kier alpha value is -2.04. The lowest BCUT2D eigenvalue weighted by molar-refractivity contribution is 0.0983. The van der Waals surface area contributed by atoms with E-state index in [1.54, 1.807) is 6.07 Å². The van der Waals surface area contributed by atoms with Gasteiger partial charge >= 0.3 is 6.09 Å². The van der Waals surface area contributed by atoms with Crippen molar-refractivity contribution in [2.24, 2.45) is 0 Å². The Morgan fingerprint density at radius 3 is 2.70 bits per heavy atom. The highest BCUT2D eigenvalue weighted by Crippen LogP contribution is 2.12. The summed E-state index contributed by atoms with van der Waals surface area (Å²) in [5.41, 5.74) is 1.54. The van der Waals surface area contributed by atoms with E-state index in [1.165, 1.54) is 12.8 Å². The molecular formula is C15H22N2O3. The summed E-state index contributed by atoms with van der Waals surface area (Å²) in [6.07, 6.45) is 2.54. The molecule has 0 bridgehead atoms. The number of anilines is 1. The van der Waals surface area contributed by atoms with Crippen LogP contribution in [0.4, 0.5) is 10.5 Å². The van der Waals surface area contributed by atoms with Crippen LogP contribution in [0.1, 0.15) is 43.0 Å². The highest BCUT2D eigenvalue weighted by Gasteiger charge is 2.07. The van der Waals surface area contributed by atoms with Gasteiger partial charge < -0.3 is 15.7 Å². The minimum Gasteiger partial charge on any atom is -0.465 e. The number of benzene rings is 1. The molecule has 0 spiro atoms. The van der Waals surface area contributed by atoms with E-state index >= 15 is 0 Å². The zero-order chi connectivity index (χ0) is 14.8. The molecule has 1 rings (SSSR count). The van der Waals surface area contributed by atoms with Gasteiger partial charge in [0.1, 0.15) is 0 Å². The van der Waals surface area contributed by atoms with Crippen molar-refractivity contribution in [2.45, 2.75) is 32.6 Å². The van der Waals surface area contributed by atoms with Crippen molar-refractivity contribution >= 4 is 17.6 Å². The Kier molecular flexibility index (Phi) is 7.17. The summed E-state index contributed by atoms with van der Waals surface area (Å²) in [5, 5.41) is 13.9. The number of ketones is 1. The average Bonchev–Trinajstić information content (AvgIpc) is 2.43. The van der Waals surface area contributed by atoms with Crippen LogP contribution in [-0.2, 0) is 0 Å². The molecule has 3 N–H and O–H groups in total. The Balaban J connectivity index is 2.45. The number of carbonyl (C=O) groups excluding carboxylic acids is 1. The second-order valence-corrected chi connectivity index (χ2v) is 4.62. The number of carbonyl (C=O) groups is 2. The summed E-state index contributed by atoms with van der Waals surface area (Å²) in [6, 6.07) is 7.33. The molecular weight excluding hydrogens is 256 g/mol. The van der Waals surface area contributed by atoms with Crippen molar-refractivity contribution in [1.82, 2.24) is 5.32 Å². The second-order valence-electron chi connectivity index (χ2n) is 4.62. The molecule has 110 valence electrons. The molecule has 0 fully saturated rings. The SMILES string of the molecule is CCCCCNc1cccc(C(=O)CCNC(=O)O)c1. The van der Waals surface area contributed by atoms with Crippen LogP contribution in [-0.4, -0.2) is 30.1 Å². The molecule has 0 atom stereocenters. The molecule has 0 aliphatic heterocycles. The van der Waals surface area contributed by atoms with Crippen LogP contribution in [0.2, 0.25) is 0 Å². The van der Waals surface area contributed by atoms with Crippen molar-refractivity contribution in [2.75, 3.05) is 18.4 Å². The predicted molar refractivity (Wildman–Crippen MR) is 79.4 cm³/mol. The number of amides is 1. The topological polar surface area (TPSA) is 78.4 Å². The van der Waals surface area contributed by atoms with E-state index in [0.29, 0.717) is 5.56 Å². The smallest absolute Gasteiger partial charge is 0.404 e. The van der Waals surface area contributed by atoms with Gasteiger partial charge in [0, 0.05) is 30.8 Å². The van der Waals surface area contributed by atoms with E-state index in [4.69, 9.17) is 5.11 Å². The van der Waals surface area contributed by atoms with Gasteiger partial charge in [-0.15, -0.1) is 0 Å². The van der Waals surface area contributed by atoms with Gasteiger partial charge in [0.15, 0.2) is 5.78 Å². The first-order valence-corrected chi connectivity index (χ1v) is 6.97. The summed E-state index contributed by atoms with van der Waals surface area (Å²) in [4.78, 5) is 22.2. The number of nitrogens with one attached hydrogen (secondary N) is 2. The van der Waals surface area contributed by atoms with Crippen LogP contribution in [0, 0.1) is 0 Å². The summed E-state index contributed by atoms with van der Waals surface area (Å²) in [7, 11) is 0. The molecule has 0 saturated carbocycles. The molecule has 0 aliphatic rings. The largest absolute Gasteiger partial charge is 0.465 e. The molecule has 1 aromatic rings. The van der Waals surface area contributed by atoms with Crippen molar-refractivity contribution in [3.05, 3.63) is 29.8 Å². The van der Waals surface area contributed by atoms with Crippen molar-refractivity contribution < 1.29 is 14.7 Å². The number of hydrogen-bond acceptors (Lipinski definition) is 3. The molecule has 1 amide bonds. The van der Waals surface area contributed by atoms with Gasteiger partial charge in [-0.05, 0) is 18.6 Å². The summed E-state index contributed by atoms with van der Waals surface area (Å²) >= 11 is 0. The third-order valence-electron chi connectivity index (χ3n) is 2.92. The first kappa shape index (κ1) is 16.0. The molecule has 5 nitrogen and oxygen atoms in total. The van der Waals surface area contributed by atoms with Crippen LogP contribution in [0.15, 0.2) is 24.3 Å². The number of Topliss-reactive ketones (excluding diaryl/α,β-unsaturated/α-hetero) is 1. The summed E-state index contributed by atoms with van der Waals surface area (Å²) in [5.74, 6) is -0.0593. The Bertz CT molecular complexity index is 446. The minimum atomic E-state index is -1.11. The van der Waals surface area contributed by atoms with E-state index in [2.05, 4.69) is 17.6 Å². The zero-order valence-electron chi connectivity index (χ0n) is 11.8. The van der Waals surface area contributed by atoms with Crippen LogP contribution < -0.4 is 10.6 Å². The molecule has 0 unspecified atom stereocenters. The van der Waals surface area contributed by atoms with Crippen molar-refractivity contribution in [3.63, 3.8) is 0 Å². The monoisotopic (exact) mass is 278 g/mol. The van der Waals surface area contributed by atoms with Crippen molar-refractivity contribution in [1.29, 1.82) is 0 Å². The first-order chi connectivity index (χ1) is 9.63. The third-order valence-corrected chi connectivity index (χ3v) is 2.92. The van der Waals surface area contributed by atoms with Gasteiger partial charge in [0.2, 0.25) is 0 Å². The van der Waals surface area contributed by atoms with Gasteiger partial charge in [-0.2, -0.15) is 0 Å². The lowest BCUT2D eigenvalue weighted by Crippen LogP contribution is -2.23. The minimum absolute atomic E-state index is 0.0593. The fourth-order valence-corrected chi connectivity index (χ4v) is 1.84. The second kappa shape index (κ2) is 8.96. The van der Waals surface area contributed by atoms with Crippen molar-refractivity contribution in [3.8, 4) is 0 Å². The zero-order valence-corrected chi connectivity index (χ0v) is 11.8. The number of carboxylic acid groups (broad SMARTS) is 1. The average molecular weight is 278 g/mol. The molecule has 20 heavy (non-hydrogen) atoms. The van der Waals surface area contributed by atoms with Gasteiger partial charge in [0.05, 0.1) is 0 Å².